The van der Waals surface area contributed by atoms with Crippen LogP contribution in [0, 0.1) is 0 Å². The molecule has 6 rings (SSSR count). The van der Waals surface area contributed by atoms with E-state index in [2.05, 4.69) is 15.0 Å². The normalized spacial score (nSPS) is 14.6. The Kier molecular flexibility index (Phi) is 5.53. The van der Waals surface area contributed by atoms with Gasteiger partial charge in [-0.25, -0.2) is 14.5 Å². The van der Waals surface area contributed by atoms with Crippen LogP contribution in [0.4, 0.5) is 5.69 Å². The number of hydrogen-bond donors (Lipinski definition) is 1. The van der Waals surface area contributed by atoms with E-state index in [1.54, 1.807) is 17.2 Å². The maximum Gasteiger partial charge on any atom is 0.356 e. The van der Waals surface area contributed by atoms with E-state index in [1.807, 2.05) is 61.3 Å². The van der Waals surface area contributed by atoms with Crippen molar-refractivity contribution in [1.82, 2.24) is 24.2 Å². The topological polar surface area (TPSA) is 106 Å². The van der Waals surface area contributed by atoms with Crippen LogP contribution >= 0.6 is 0 Å². The van der Waals surface area contributed by atoms with Crippen molar-refractivity contribution < 1.29 is 19.4 Å². The fourth-order valence-corrected chi connectivity index (χ4v) is 5.03. The molecule has 4 aromatic rings. The first-order valence-corrected chi connectivity index (χ1v) is 12.1. The number of amides is 1. The third-order valence-electron chi connectivity index (χ3n) is 6.75. The number of hydrogen-bond acceptors (Lipinski definition) is 6. The molecule has 0 atom stereocenters. The number of aromatic carboxylic acids is 1. The first-order chi connectivity index (χ1) is 17.9. The van der Waals surface area contributed by atoms with Crippen molar-refractivity contribution in [3.63, 3.8) is 0 Å². The van der Waals surface area contributed by atoms with E-state index < -0.39 is 5.97 Å². The molecule has 0 radical (unpaired) electrons. The average Bonchev–Trinajstić information content (AvgIpc) is 3.62. The maximum absolute atomic E-state index is 13.8. The lowest BCUT2D eigenvalue weighted by atomic mass is 10.0. The van der Waals surface area contributed by atoms with Crippen molar-refractivity contribution in [3.8, 4) is 17.1 Å². The first kappa shape index (κ1) is 23.0. The molecule has 0 saturated carbocycles. The largest absolute Gasteiger partial charge is 0.493 e. The van der Waals surface area contributed by atoms with Crippen LogP contribution < -0.4 is 9.64 Å². The minimum atomic E-state index is -1.14. The summed E-state index contributed by atoms with van der Waals surface area (Å²) in [5.74, 6) is 0.310. The van der Waals surface area contributed by atoms with Gasteiger partial charge in [0.2, 0.25) is 0 Å². The van der Waals surface area contributed by atoms with Gasteiger partial charge in [0, 0.05) is 42.3 Å². The summed E-state index contributed by atoms with van der Waals surface area (Å²) in [6, 6.07) is 13.3. The molecule has 0 saturated heterocycles. The predicted molar refractivity (Wildman–Crippen MR) is 136 cm³/mol. The molecule has 0 aliphatic carbocycles. The van der Waals surface area contributed by atoms with Crippen LogP contribution in [0.25, 0.3) is 11.4 Å². The number of aromatic nitrogens is 4. The SMILES string of the molecule is CN(C)Cc1nccn1-c1ccc(N2CCc3c(C(=O)O)nn(-c4ccc5c(c4)CCO5)c3C2=O)cc1. The Morgan fingerprint density at radius 1 is 1.08 bits per heavy atom. The van der Waals surface area contributed by atoms with Gasteiger partial charge in [0.15, 0.2) is 5.69 Å². The van der Waals surface area contributed by atoms with Crippen LogP contribution in [-0.2, 0) is 19.4 Å². The molecule has 0 spiro atoms. The molecule has 2 aromatic heterocycles. The molecule has 10 heteroatoms. The Morgan fingerprint density at radius 2 is 1.84 bits per heavy atom. The number of fused-ring (bicyclic) bond motifs is 2. The van der Waals surface area contributed by atoms with Crippen LogP contribution in [0.1, 0.15) is 37.9 Å². The lowest BCUT2D eigenvalue weighted by Gasteiger charge is -2.28. The Balaban J connectivity index is 1.35. The quantitative estimate of drug-likeness (QED) is 0.436. The van der Waals surface area contributed by atoms with Crippen molar-refractivity contribution in [3.05, 3.63) is 83.2 Å². The van der Waals surface area contributed by atoms with Crippen LogP contribution in [-0.4, -0.2) is 68.5 Å². The molecule has 1 N–H and O–H groups in total. The fraction of sp³-hybridized carbons (Fsp3) is 0.259. The third-order valence-corrected chi connectivity index (χ3v) is 6.75. The summed E-state index contributed by atoms with van der Waals surface area (Å²) < 4.78 is 9.09. The molecule has 37 heavy (non-hydrogen) atoms. The Morgan fingerprint density at radius 3 is 2.59 bits per heavy atom. The second-order valence-electron chi connectivity index (χ2n) is 9.46. The number of carbonyl (C=O) groups excluding carboxylic acids is 1. The van der Waals surface area contributed by atoms with Crippen molar-refractivity contribution >= 4 is 17.6 Å². The molecule has 0 fully saturated rings. The molecule has 0 bridgehead atoms. The zero-order valence-corrected chi connectivity index (χ0v) is 20.6. The van der Waals surface area contributed by atoms with E-state index in [0.717, 1.165) is 34.9 Å². The van der Waals surface area contributed by atoms with E-state index >= 15 is 0 Å². The van der Waals surface area contributed by atoms with Gasteiger partial charge in [-0.05, 0) is 68.5 Å². The number of carboxylic acids is 1. The number of nitrogens with zero attached hydrogens (tertiary/aromatic N) is 6. The minimum absolute atomic E-state index is 0.0800. The summed E-state index contributed by atoms with van der Waals surface area (Å²) in [5.41, 5.74) is 4.02. The number of carboxylic acid groups (broad SMARTS) is 1. The van der Waals surface area contributed by atoms with E-state index in [0.29, 0.717) is 37.4 Å². The Bertz CT molecular complexity index is 1520. The minimum Gasteiger partial charge on any atom is -0.493 e. The van der Waals surface area contributed by atoms with Gasteiger partial charge in [-0.2, -0.15) is 5.10 Å². The highest BCUT2D eigenvalue weighted by Crippen LogP contribution is 2.32. The van der Waals surface area contributed by atoms with Crippen molar-refractivity contribution in [2.24, 2.45) is 0 Å². The number of benzene rings is 2. The summed E-state index contributed by atoms with van der Waals surface area (Å²) in [7, 11) is 3.99. The summed E-state index contributed by atoms with van der Waals surface area (Å²) in [6.07, 6.45) is 4.85. The van der Waals surface area contributed by atoms with Gasteiger partial charge in [-0.1, -0.05) is 0 Å². The first-order valence-electron chi connectivity index (χ1n) is 12.1. The number of ether oxygens (including phenoxy) is 1. The van der Waals surface area contributed by atoms with Crippen LogP contribution in [0.5, 0.6) is 5.75 Å². The van der Waals surface area contributed by atoms with Gasteiger partial charge in [0.1, 0.15) is 17.3 Å². The van der Waals surface area contributed by atoms with Gasteiger partial charge < -0.3 is 24.2 Å². The van der Waals surface area contributed by atoms with Gasteiger partial charge in [0.05, 0.1) is 18.8 Å². The second kappa shape index (κ2) is 8.90. The van der Waals surface area contributed by atoms with Gasteiger partial charge in [-0.3, -0.25) is 4.79 Å². The van der Waals surface area contributed by atoms with Gasteiger partial charge in [-0.15, -0.1) is 0 Å². The van der Waals surface area contributed by atoms with Crippen LogP contribution in [0.3, 0.4) is 0 Å². The maximum atomic E-state index is 13.8. The Labute approximate surface area is 213 Å². The third kappa shape index (κ3) is 3.95. The van der Waals surface area contributed by atoms with Crippen molar-refractivity contribution in [2.75, 3.05) is 32.1 Å². The number of imidazole rings is 1. The standard InChI is InChI=1S/C27H26N6O4/c1-30(2)16-23-28-11-13-31(23)18-3-5-19(6-4-18)32-12-9-21-24(27(35)36)29-33(25(21)26(32)34)20-7-8-22-17(15-20)10-14-37-22/h3-8,11,13,15H,9-10,12,14,16H2,1-2H3,(H,35,36). The average molecular weight is 499 g/mol. The summed E-state index contributed by atoms with van der Waals surface area (Å²) in [6.45, 7) is 1.67. The molecule has 4 heterocycles. The van der Waals surface area contributed by atoms with Crippen LogP contribution in [0.15, 0.2) is 54.9 Å². The molecule has 188 valence electrons. The molecular formula is C27H26N6O4. The van der Waals surface area contributed by atoms with E-state index in [1.165, 1.54) is 4.68 Å². The molecule has 2 aromatic carbocycles. The predicted octanol–water partition coefficient (Wildman–Crippen LogP) is 2.96. The van der Waals surface area contributed by atoms with Gasteiger partial charge in [0.25, 0.3) is 5.91 Å². The van der Waals surface area contributed by atoms with Crippen LogP contribution in [0.2, 0.25) is 0 Å². The highest BCUT2D eigenvalue weighted by molar-refractivity contribution is 6.09. The number of carbonyl (C=O) groups is 2. The highest BCUT2D eigenvalue weighted by atomic mass is 16.5. The highest BCUT2D eigenvalue weighted by Gasteiger charge is 2.35. The summed E-state index contributed by atoms with van der Waals surface area (Å²) >= 11 is 0. The monoisotopic (exact) mass is 498 g/mol. The lowest BCUT2D eigenvalue weighted by molar-refractivity contribution is 0.0688. The van der Waals surface area contributed by atoms with E-state index in [4.69, 9.17) is 4.74 Å². The molecule has 2 aliphatic heterocycles. The lowest BCUT2D eigenvalue weighted by Crippen LogP contribution is -2.39. The van der Waals surface area contributed by atoms with E-state index in [-0.39, 0.29) is 17.3 Å². The molecule has 1 amide bonds. The molecule has 0 unspecified atom stereocenters. The van der Waals surface area contributed by atoms with E-state index in [9.17, 15) is 14.7 Å². The van der Waals surface area contributed by atoms with Crippen molar-refractivity contribution in [1.29, 1.82) is 0 Å². The number of rotatable bonds is 6. The van der Waals surface area contributed by atoms with Gasteiger partial charge >= 0.3 is 5.97 Å². The zero-order valence-electron chi connectivity index (χ0n) is 20.6. The Hall–Kier alpha value is -4.44. The smallest absolute Gasteiger partial charge is 0.356 e. The number of anilines is 1. The zero-order chi connectivity index (χ0) is 25.7. The second-order valence-corrected chi connectivity index (χ2v) is 9.46. The van der Waals surface area contributed by atoms with Crippen molar-refractivity contribution in [2.45, 2.75) is 19.4 Å². The summed E-state index contributed by atoms with van der Waals surface area (Å²) in [5, 5.41) is 14.2. The fourth-order valence-electron chi connectivity index (χ4n) is 5.03. The molecule has 10 nitrogen and oxygen atoms in total. The molecular weight excluding hydrogens is 472 g/mol. The summed E-state index contributed by atoms with van der Waals surface area (Å²) in [4.78, 5) is 34.0. The molecule has 2 aliphatic rings.